The molecule has 1 saturated heterocycles. The number of carboxylic acid groups (broad SMARTS) is 1. The maximum Gasteiger partial charge on any atom is 0.335 e. The van der Waals surface area contributed by atoms with Gasteiger partial charge >= 0.3 is 5.97 Å². The van der Waals surface area contributed by atoms with Gasteiger partial charge in [-0.15, -0.1) is 0 Å². The predicted octanol–water partition coefficient (Wildman–Crippen LogP) is 1.39. The van der Waals surface area contributed by atoms with Crippen LogP contribution in [0.1, 0.15) is 27.9 Å². The van der Waals surface area contributed by atoms with E-state index in [2.05, 4.69) is 5.32 Å². The van der Waals surface area contributed by atoms with Gasteiger partial charge in [-0.1, -0.05) is 6.07 Å². The van der Waals surface area contributed by atoms with Gasteiger partial charge in [-0.25, -0.2) is 4.79 Å². The van der Waals surface area contributed by atoms with Crippen LogP contribution in [0.25, 0.3) is 0 Å². The molecule has 1 aromatic rings. The van der Waals surface area contributed by atoms with Crippen LogP contribution in [0.4, 0.5) is 0 Å². The van der Waals surface area contributed by atoms with Crippen molar-refractivity contribution in [2.24, 2.45) is 5.92 Å². The van der Waals surface area contributed by atoms with Crippen molar-refractivity contribution in [3.63, 3.8) is 0 Å². The Hall–Kier alpha value is -1.88. The van der Waals surface area contributed by atoms with Gasteiger partial charge in [0.25, 0.3) is 0 Å². The zero-order valence-electron chi connectivity index (χ0n) is 11.5. The zero-order chi connectivity index (χ0) is 14.5. The number of carbonyl (C=O) groups is 2. The molecule has 1 amide bonds. The van der Waals surface area contributed by atoms with Crippen molar-refractivity contribution in [3.05, 3.63) is 34.9 Å². The summed E-state index contributed by atoms with van der Waals surface area (Å²) >= 11 is 0. The summed E-state index contributed by atoms with van der Waals surface area (Å²) in [5, 5.41) is 11.8. The smallest absolute Gasteiger partial charge is 0.335 e. The van der Waals surface area contributed by atoms with Gasteiger partial charge in [0, 0.05) is 19.1 Å². The number of amides is 1. The van der Waals surface area contributed by atoms with Crippen LogP contribution in [0.3, 0.4) is 0 Å². The van der Waals surface area contributed by atoms with E-state index in [4.69, 9.17) is 9.84 Å². The van der Waals surface area contributed by atoms with Gasteiger partial charge in [0.2, 0.25) is 5.91 Å². The average molecular weight is 277 g/mol. The van der Waals surface area contributed by atoms with Gasteiger partial charge in [0.05, 0.1) is 18.6 Å². The lowest BCUT2D eigenvalue weighted by molar-refractivity contribution is -0.120. The van der Waals surface area contributed by atoms with Crippen LogP contribution in [0.2, 0.25) is 0 Å². The summed E-state index contributed by atoms with van der Waals surface area (Å²) in [6.07, 6.45) is 1.27. The lowest BCUT2D eigenvalue weighted by Gasteiger charge is -2.11. The molecule has 20 heavy (non-hydrogen) atoms. The highest BCUT2D eigenvalue weighted by Crippen LogP contribution is 2.13. The highest BCUT2D eigenvalue weighted by molar-refractivity contribution is 5.88. The molecule has 1 atom stereocenters. The highest BCUT2D eigenvalue weighted by Gasteiger charge is 2.16. The summed E-state index contributed by atoms with van der Waals surface area (Å²) in [6.45, 7) is 3.95. The number of aromatic carboxylic acids is 1. The Bertz CT molecular complexity index is 507. The number of carboxylic acids is 1. The van der Waals surface area contributed by atoms with Gasteiger partial charge < -0.3 is 15.2 Å². The van der Waals surface area contributed by atoms with Crippen LogP contribution in [0, 0.1) is 12.8 Å². The number of carbonyl (C=O) groups excluding carboxylic acids is 1. The number of benzene rings is 1. The molecule has 2 N–H and O–H groups in total. The van der Waals surface area contributed by atoms with Crippen LogP contribution in [-0.4, -0.2) is 36.7 Å². The molecule has 0 saturated carbocycles. The van der Waals surface area contributed by atoms with Gasteiger partial charge in [-0.2, -0.15) is 0 Å². The van der Waals surface area contributed by atoms with E-state index in [1.807, 2.05) is 6.92 Å². The first kappa shape index (κ1) is 14.5. The van der Waals surface area contributed by atoms with Crippen molar-refractivity contribution in [1.29, 1.82) is 0 Å². The van der Waals surface area contributed by atoms with Crippen molar-refractivity contribution in [1.82, 2.24) is 5.32 Å². The molecule has 1 heterocycles. The molecule has 2 rings (SSSR count). The quantitative estimate of drug-likeness (QED) is 0.852. The van der Waals surface area contributed by atoms with Gasteiger partial charge in [-0.05, 0) is 36.6 Å². The second-order valence-corrected chi connectivity index (χ2v) is 5.16. The van der Waals surface area contributed by atoms with Gasteiger partial charge in [0.1, 0.15) is 0 Å². The fourth-order valence-corrected chi connectivity index (χ4v) is 2.27. The third-order valence-electron chi connectivity index (χ3n) is 3.55. The highest BCUT2D eigenvalue weighted by atomic mass is 16.5. The van der Waals surface area contributed by atoms with Gasteiger partial charge in [0.15, 0.2) is 0 Å². The number of hydrogen-bond acceptors (Lipinski definition) is 3. The number of hydrogen-bond donors (Lipinski definition) is 2. The number of ether oxygens (including phenoxy) is 1. The normalized spacial score (nSPS) is 17.9. The SMILES string of the molecule is Cc1cc(C(=O)O)ccc1CC(=O)NCC1CCOC1. The molecule has 0 spiro atoms. The molecule has 0 aromatic heterocycles. The largest absolute Gasteiger partial charge is 0.478 e. The molecule has 1 fully saturated rings. The van der Waals surface area contributed by atoms with E-state index < -0.39 is 5.97 Å². The average Bonchev–Trinajstić information content (AvgIpc) is 2.91. The van der Waals surface area contributed by atoms with E-state index >= 15 is 0 Å². The van der Waals surface area contributed by atoms with Crippen molar-refractivity contribution < 1.29 is 19.4 Å². The number of rotatable bonds is 5. The lowest BCUT2D eigenvalue weighted by Crippen LogP contribution is -2.30. The van der Waals surface area contributed by atoms with Crippen molar-refractivity contribution >= 4 is 11.9 Å². The molecule has 1 aliphatic rings. The van der Waals surface area contributed by atoms with E-state index in [1.54, 1.807) is 12.1 Å². The van der Waals surface area contributed by atoms with E-state index in [1.165, 1.54) is 6.07 Å². The Kier molecular flexibility index (Phi) is 4.74. The minimum Gasteiger partial charge on any atom is -0.478 e. The summed E-state index contributed by atoms with van der Waals surface area (Å²) < 4.78 is 5.26. The van der Waals surface area contributed by atoms with Crippen molar-refractivity contribution in [2.45, 2.75) is 19.8 Å². The third kappa shape index (κ3) is 3.81. The Balaban J connectivity index is 1.88. The minimum absolute atomic E-state index is 0.0388. The Morgan fingerprint density at radius 2 is 2.25 bits per heavy atom. The topological polar surface area (TPSA) is 75.6 Å². The maximum absolute atomic E-state index is 11.9. The summed E-state index contributed by atoms with van der Waals surface area (Å²) in [5.41, 5.74) is 1.93. The minimum atomic E-state index is -0.953. The second kappa shape index (κ2) is 6.52. The summed E-state index contributed by atoms with van der Waals surface area (Å²) in [5.74, 6) is -0.581. The van der Waals surface area contributed by atoms with Crippen LogP contribution in [0.5, 0.6) is 0 Å². The standard InChI is InChI=1S/C15H19NO4/c1-10-6-13(15(18)19)3-2-12(10)7-14(17)16-8-11-4-5-20-9-11/h2-3,6,11H,4-5,7-9H2,1H3,(H,16,17)(H,18,19). The monoisotopic (exact) mass is 277 g/mol. The second-order valence-electron chi connectivity index (χ2n) is 5.16. The molecular weight excluding hydrogens is 258 g/mol. The Labute approximate surface area is 117 Å². The van der Waals surface area contributed by atoms with Crippen molar-refractivity contribution in [3.8, 4) is 0 Å². The molecule has 1 aromatic carbocycles. The van der Waals surface area contributed by atoms with Crippen LogP contribution < -0.4 is 5.32 Å². The molecule has 108 valence electrons. The third-order valence-corrected chi connectivity index (χ3v) is 3.55. The lowest BCUT2D eigenvalue weighted by atomic mass is 10.0. The first-order valence-corrected chi connectivity index (χ1v) is 6.73. The van der Waals surface area contributed by atoms with Gasteiger partial charge in [-0.3, -0.25) is 4.79 Å². The van der Waals surface area contributed by atoms with E-state index in [0.717, 1.165) is 24.2 Å². The number of nitrogens with one attached hydrogen (secondary N) is 1. The van der Waals surface area contributed by atoms with Crippen LogP contribution in [0.15, 0.2) is 18.2 Å². The summed E-state index contributed by atoms with van der Waals surface area (Å²) in [4.78, 5) is 22.7. The Morgan fingerprint density at radius 1 is 1.45 bits per heavy atom. The molecule has 1 aliphatic heterocycles. The molecule has 0 aliphatic carbocycles. The van der Waals surface area contributed by atoms with Crippen LogP contribution >= 0.6 is 0 Å². The number of aryl methyl sites for hydroxylation is 1. The molecule has 0 bridgehead atoms. The van der Waals surface area contributed by atoms with E-state index in [0.29, 0.717) is 19.1 Å². The zero-order valence-corrected chi connectivity index (χ0v) is 11.5. The molecule has 5 heteroatoms. The summed E-state index contributed by atoms with van der Waals surface area (Å²) in [7, 11) is 0. The molecular formula is C15H19NO4. The van der Waals surface area contributed by atoms with Crippen LogP contribution in [-0.2, 0) is 16.0 Å². The predicted molar refractivity (Wildman–Crippen MR) is 73.8 cm³/mol. The summed E-state index contributed by atoms with van der Waals surface area (Å²) in [6, 6.07) is 4.83. The van der Waals surface area contributed by atoms with E-state index in [-0.39, 0.29) is 17.9 Å². The fourth-order valence-electron chi connectivity index (χ4n) is 2.27. The fraction of sp³-hybridized carbons (Fsp3) is 0.467. The molecule has 0 radical (unpaired) electrons. The first-order chi connectivity index (χ1) is 9.56. The van der Waals surface area contributed by atoms with E-state index in [9.17, 15) is 9.59 Å². The molecule has 1 unspecified atom stereocenters. The molecule has 5 nitrogen and oxygen atoms in total. The maximum atomic E-state index is 11.9. The first-order valence-electron chi connectivity index (χ1n) is 6.73. The van der Waals surface area contributed by atoms with Crippen molar-refractivity contribution in [2.75, 3.05) is 19.8 Å². The Morgan fingerprint density at radius 3 is 2.85 bits per heavy atom.